The Labute approximate surface area is 181 Å². The highest BCUT2D eigenvalue weighted by Gasteiger charge is 2.24. The molecule has 0 saturated carbocycles. The standard InChI is InChI=1S/C18H16ClN3O6S2/c1-10-9-15(21-28-10)20-17(23)11(2)27-18(24)12-5-3-4-6-13(12)22-30(25,26)16-8-7-14(19)29-16/h3-9,11,22H,1-2H3,(H,20,21,23). The van der Waals surface area contributed by atoms with E-state index in [2.05, 4.69) is 15.2 Å². The molecule has 3 rings (SSSR count). The Morgan fingerprint density at radius 3 is 2.60 bits per heavy atom. The Balaban J connectivity index is 1.73. The quantitative estimate of drug-likeness (QED) is 0.505. The summed E-state index contributed by atoms with van der Waals surface area (Å²) in [5, 5.41) is 6.08. The summed E-state index contributed by atoms with van der Waals surface area (Å²) < 4.78 is 37.7. The minimum absolute atomic E-state index is 0.00626. The van der Waals surface area contributed by atoms with Gasteiger partial charge in [0.25, 0.3) is 15.9 Å². The SMILES string of the molecule is Cc1cc(NC(=O)C(C)OC(=O)c2ccccc2NS(=O)(=O)c2ccc(Cl)s2)no1. The van der Waals surface area contributed by atoms with Gasteiger partial charge in [-0.05, 0) is 38.1 Å². The Bertz CT molecular complexity index is 1190. The molecule has 30 heavy (non-hydrogen) atoms. The highest BCUT2D eigenvalue weighted by atomic mass is 35.5. The highest BCUT2D eigenvalue weighted by Crippen LogP contribution is 2.28. The zero-order valence-electron chi connectivity index (χ0n) is 15.7. The molecule has 0 bridgehead atoms. The molecule has 0 spiro atoms. The summed E-state index contributed by atoms with van der Waals surface area (Å²) in [5.41, 5.74) is -0.0487. The number of carbonyl (C=O) groups excluding carboxylic acids is 2. The maximum Gasteiger partial charge on any atom is 0.341 e. The molecule has 0 fully saturated rings. The summed E-state index contributed by atoms with van der Waals surface area (Å²) >= 11 is 6.68. The third kappa shape index (κ3) is 5.17. The molecule has 158 valence electrons. The number of rotatable bonds is 7. The van der Waals surface area contributed by atoms with Gasteiger partial charge < -0.3 is 14.6 Å². The van der Waals surface area contributed by atoms with Gasteiger partial charge in [0.15, 0.2) is 11.9 Å². The molecule has 1 amide bonds. The predicted octanol–water partition coefficient (Wildman–Crippen LogP) is 3.68. The monoisotopic (exact) mass is 469 g/mol. The minimum Gasteiger partial charge on any atom is -0.449 e. The fourth-order valence-electron chi connectivity index (χ4n) is 2.32. The van der Waals surface area contributed by atoms with Crippen molar-refractivity contribution in [3.8, 4) is 0 Å². The number of para-hydroxylation sites is 1. The summed E-state index contributed by atoms with van der Waals surface area (Å²) in [5.74, 6) is -0.814. The Morgan fingerprint density at radius 2 is 1.97 bits per heavy atom. The summed E-state index contributed by atoms with van der Waals surface area (Å²) in [7, 11) is -3.95. The second-order valence-electron chi connectivity index (χ2n) is 6.07. The molecule has 0 radical (unpaired) electrons. The lowest BCUT2D eigenvalue weighted by Gasteiger charge is -2.15. The van der Waals surface area contributed by atoms with Gasteiger partial charge in [0.05, 0.1) is 15.6 Å². The molecule has 1 atom stereocenters. The molecule has 2 N–H and O–H groups in total. The topological polar surface area (TPSA) is 128 Å². The first kappa shape index (κ1) is 21.8. The fraction of sp³-hybridized carbons (Fsp3) is 0.167. The summed E-state index contributed by atoms with van der Waals surface area (Å²) in [6.07, 6.45) is -1.17. The molecule has 1 aromatic carbocycles. The lowest BCUT2D eigenvalue weighted by molar-refractivity contribution is -0.123. The lowest BCUT2D eigenvalue weighted by Crippen LogP contribution is -2.30. The van der Waals surface area contributed by atoms with Crippen LogP contribution in [0.5, 0.6) is 0 Å². The van der Waals surface area contributed by atoms with Gasteiger partial charge >= 0.3 is 5.97 Å². The zero-order chi connectivity index (χ0) is 21.9. The Morgan fingerprint density at radius 1 is 1.23 bits per heavy atom. The second kappa shape index (κ2) is 8.86. The number of nitrogens with one attached hydrogen (secondary N) is 2. The van der Waals surface area contributed by atoms with E-state index in [9.17, 15) is 18.0 Å². The summed E-state index contributed by atoms with van der Waals surface area (Å²) in [6.45, 7) is 3.04. The first-order valence-electron chi connectivity index (χ1n) is 8.48. The number of thiophene rings is 1. The summed E-state index contributed by atoms with van der Waals surface area (Å²) in [6, 6.07) is 10.2. The molecule has 9 nitrogen and oxygen atoms in total. The van der Waals surface area contributed by atoms with E-state index in [0.29, 0.717) is 10.1 Å². The number of hydrogen-bond donors (Lipinski definition) is 2. The van der Waals surface area contributed by atoms with E-state index in [0.717, 1.165) is 11.3 Å². The number of aromatic nitrogens is 1. The normalized spacial score (nSPS) is 12.2. The van der Waals surface area contributed by atoms with Crippen LogP contribution in [0.3, 0.4) is 0 Å². The number of sulfonamides is 1. The maximum absolute atomic E-state index is 12.6. The predicted molar refractivity (Wildman–Crippen MR) is 111 cm³/mol. The van der Waals surface area contributed by atoms with Gasteiger partial charge in [-0.3, -0.25) is 9.52 Å². The molecule has 0 aliphatic carbocycles. The molecule has 0 aliphatic heterocycles. The third-order valence-corrected chi connectivity index (χ3v) is 6.83. The number of ether oxygens (including phenoxy) is 1. The van der Waals surface area contributed by atoms with Crippen molar-refractivity contribution in [2.45, 2.75) is 24.2 Å². The van der Waals surface area contributed by atoms with Crippen molar-refractivity contribution in [1.82, 2.24) is 5.16 Å². The number of benzene rings is 1. The van der Waals surface area contributed by atoms with Gasteiger partial charge in [-0.15, -0.1) is 11.3 Å². The van der Waals surface area contributed by atoms with Crippen LogP contribution >= 0.6 is 22.9 Å². The third-order valence-electron chi connectivity index (χ3n) is 3.74. The zero-order valence-corrected chi connectivity index (χ0v) is 18.1. The molecule has 0 saturated heterocycles. The van der Waals surface area contributed by atoms with Crippen LogP contribution in [0.1, 0.15) is 23.0 Å². The smallest absolute Gasteiger partial charge is 0.341 e. The molecule has 12 heteroatoms. The van der Waals surface area contributed by atoms with Crippen LogP contribution in [0.4, 0.5) is 11.5 Å². The number of carbonyl (C=O) groups is 2. The van der Waals surface area contributed by atoms with Crippen LogP contribution in [0.15, 0.2) is 51.2 Å². The van der Waals surface area contributed by atoms with Crippen molar-refractivity contribution in [3.63, 3.8) is 0 Å². The van der Waals surface area contributed by atoms with E-state index in [1.807, 2.05) is 0 Å². The van der Waals surface area contributed by atoms with E-state index >= 15 is 0 Å². The first-order valence-corrected chi connectivity index (χ1v) is 11.2. The van der Waals surface area contributed by atoms with Crippen molar-refractivity contribution in [2.75, 3.05) is 10.0 Å². The molecule has 2 aromatic heterocycles. The minimum atomic E-state index is -3.95. The highest BCUT2D eigenvalue weighted by molar-refractivity contribution is 7.94. The van der Waals surface area contributed by atoms with Crippen LogP contribution in [0.2, 0.25) is 4.34 Å². The summed E-state index contributed by atoms with van der Waals surface area (Å²) in [4.78, 5) is 24.8. The number of halogens is 1. The van der Waals surface area contributed by atoms with Crippen molar-refractivity contribution in [2.24, 2.45) is 0 Å². The maximum atomic E-state index is 12.6. The van der Waals surface area contributed by atoms with Crippen molar-refractivity contribution in [3.05, 3.63) is 58.1 Å². The van der Waals surface area contributed by atoms with Crippen molar-refractivity contribution < 1.29 is 27.3 Å². The van der Waals surface area contributed by atoms with E-state index in [-0.39, 0.29) is 21.3 Å². The average molecular weight is 470 g/mol. The number of esters is 1. The Kier molecular flexibility index (Phi) is 6.44. The van der Waals surface area contributed by atoms with Gasteiger partial charge in [0.1, 0.15) is 9.97 Å². The molecular weight excluding hydrogens is 454 g/mol. The van der Waals surface area contributed by atoms with Gasteiger partial charge in [-0.25, -0.2) is 13.2 Å². The number of amides is 1. The van der Waals surface area contributed by atoms with Crippen LogP contribution in [-0.4, -0.2) is 31.6 Å². The number of aryl methyl sites for hydroxylation is 1. The van der Waals surface area contributed by atoms with Gasteiger partial charge in [-0.2, -0.15) is 0 Å². The molecule has 2 heterocycles. The van der Waals surface area contributed by atoms with Gasteiger partial charge in [0.2, 0.25) is 0 Å². The van der Waals surface area contributed by atoms with E-state index in [1.165, 1.54) is 37.3 Å². The van der Waals surface area contributed by atoms with Crippen LogP contribution in [0.25, 0.3) is 0 Å². The number of nitrogens with zero attached hydrogens (tertiary/aromatic N) is 1. The van der Waals surface area contributed by atoms with Crippen molar-refractivity contribution in [1.29, 1.82) is 0 Å². The van der Waals surface area contributed by atoms with E-state index in [4.69, 9.17) is 20.9 Å². The van der Waals surface area contributed by atoms with Crippen molar-refractivity contribution >= 4 is 56.3 Å². The first-order chi connectivity index (χ1) is 14.2. The number of anilines is 2. The van der Waals surface area contributed by atoms with Gasteiger partial charge in [-0.1, -0.05) is 28.9 Å². The average Bonchev–Trinajstić information content (AvgIpc) is 3.30. The molecule has 3 aromatic rings. The fourth-order valence-corrected chi connectivity index (χ4v) is 4.88. The molecule has 1 unspecified atom stereocenters. The molecular formula is C18H16ClN3O6S2. The van der Waals surface area contributed by atoms with Crippen LogP contribution in [0, 0.1) is 6.92 Å². The van der Waals surface area contributed by atoms with E-state index in [1.54, 1.807) is 19.1 Å². The Hall–Kier alpha value is -2.89. The van der Waals surface area contributed by atoms with E-state index < -0.39 is 28.0 Å². The van der Waals surface area contributed by atoms with Gasteiger partial charge in [0, 0.05) is 6.07 Å². The lowest BCUT2D eigenvalue weighted by atomic mass is 10.2. The van der Waals surface area contributed by atoms with Crippen LogP contribution in [-0.2, 0) is 19.6 Å². The molecule has 0 aliphatic rings. The second-order valence-corrected chi connectivity index (χ2v) is 9.69. The van der Waals surface area contributed by atoms with Crippen LogP contribution < -0.4 is 10.0 Å². The number of hydrogen-bond acceptors (Lipinski definition) is 8. The largest absolute Gasteiger partial charge is 0.449 e.